The van der Waals surface area contributed by atoms with Crippen LogP contribution in [0.4, 0.5) is 0 Å². The summed E-state index contributed by atoms with van der Waals surface area (Å²) in [5.74, 6) is 0.509. The summed E-state index contributed by atoms with van der Waals surface area (Å²) in [7, 11) is 5.89. The first-order chi connectivity index (χ1) is 9.45. The molecular weight excluding hydrogens is 252 g/mol. The Kier molecular flexibility index (Phi) is 4.78. The molecule has 1 aromatic rings. The van der Waals surface area contributed by atoms with Crippen LogP contribution in [0.3, 0.4) is 0 Å². The van der Waals surface area contributed by atoms with Crippen LogP contribution in [0.5, 0.6) is 0 Å². The van der Waals surface area contributed by atoms with Gasteiger partial charge in [-0.1, -0.05) is 12.1 Å². The van der Waals surface area contributed by atoms with Crippen LogP contribution in [0.1, 0.15) is 28.8 Å². The Bertz CT molecular complexity index is 450. The lowest BCUT2D eigenvalue weighted by Crippen LogP contribution is -2.39. The van der Waals surface area contributed by atoms with E-state index in [4.69, 9.17) is 0 Å². The molecule has 0 saturated heterocycles. The fraction of sp³-hybridized carbons (Fsp3) is 0.562. The van der Waals surface area contributed by atoms with E-state index in [-0.39, 0.29) is 12.0 Å². The molecule has 0 radical (unpaired) electrons. The molecule has 1 fully saturated rings. The highest BCUT2D eigenvalue weighted by molar-refractivity contribution is 5.94. The summed E-state index contributed by atoms with van der Waals surface area (Å²) in [5.41, 5.74) is 1.94. The summed E-state index contributed by atoms with van der Waals surface area (Å²) < 4.78 is 0. The molecule has 0 aromatic heterocycles. The topological polar surface area (TPSA) is 43.8 Å². The molecule has 20 heavy (non-hydrogen) atoms. The third-order valence-corrected chi connectivity index (χ3v) is 3.79. The van der Waals surface area contributed by atoms with Gasteiger partial charge in [0.15, 0.2) is 0 Å². The molecule has 0 atom stereocenters. The number of hydrogen-bond donors (Lipinski definition) is 1. The minimum atomic E-state index is -0.159. The Labute approximate surface area is 121 Å². The molecule has 4 heteroatoms. The lowest BCUT2D eigenvalue weighted by atomic mass is 9.82. The predicted molar refractivity (Wildman–Crippen MR) is 79.5 cm³/mol. The second-order valence-corrected chi connectivity index (χ2v) is 6.11. The molecule has 1 saturated carbocycles. The molecule has 110 valence electrons. The molecular formula is C16H24N2O2. The van der Waals surface area contributed by atoms with E-state index in [1.165, 1.54) is 5.56 Å². The van der Waals surface area contributed by atoms with E-state index in [0.717, 1.165) is 31.5 Å². The van der Waals surface area contributed by atoms with E-state index in [1.54, 1.807) is 4.90 Å². The normalized spacial score (nSPS) is 21.6. The van der Waals surface area contributed by atoms with Gasteiger partial charge in [-0.3, -0.25) is 4.79 Å². The molecule has 0 bridgehead atoms. The Morgan fingerprint density at radius 1 is 1.20 bits per heavy atom. The minimum absolute atomic E-state index is 0.0581. The summed E-state index contributed by atoms with van der Waals surface area (Å²) in [4.78, 5) is 16.2. The number of aliphatic hydroxyl groups excluding tert-OH is 1. The number of benzene rings is 1. The Morgan fingerprint density at radius 3 is 2.30 bits per heavy atom. The van der Waals surface area contributed by atoms with Crippen molar-refractivity contribution in [3.63, 3.8) is 0 Å². The maximum Gasteiger partial charge on any atom is 0.253 e. The van der Waals surface area contributed by atoms with E-state index >= 15 is 0 Å². The molecule has 1 aliphatic rings. The van der Waals surface area contributed by atoms with Crippen molar-refractivity contribution in [2.45, 2.75) is 25.5 Å². The van der Waals surface area contributed by atoms with Crippen LogP contribution in [-0.2, 0) is 6.54 Å². The van der Waals surface area contributed by atoms with Crippen LogP contribution < -0.4 is 0 Å². The zero-order valence-electron chi connectivity index (χ0n) is 12.5. The smallest absolute Gasteiger partial charge is 0.253 e. The summed E-state index contributed by atoms with van der Waals surface area (Å²) in [5, 5.41) is 9.28. The fourth-order valence-electron chi connectivity index (χ4n) is 2.66. The maximum atomic E-state index is 12.3. The molecule has 1 amide bonds. The van der Waals surface area contributed by atoms with Crippen LogP contribution in [0, 0.1) is 5.92 Å². The predicted octanol–water partition coefficient (Wildman–Crippen LogP) is 1.59. The fourth-order valence-corrected chi connectivity index (χ4v) is 2.66. The number of aliphatic hydroxyl groups is 1. The Balaban J connectivity index is 1.91. The maximum absolute atomic E-state index is 12.3. The summed E-state index contributed by atoms with van der Waals surface area (Å²) in [6.07, 6.45) is 1.48. The van der Waals surface area contributed by atoms with Gasteiger partial charge < -0.3 is 14.9 Å². The van der Waals surface area contributed by atoms with Crippen LogP contribution in [0.25, 0.3) is 0 Å². The Morgan fingerprint density at radius 2 is 1.80 bits per heavy atom. The second kappa shape index (κ2) is 6.37. The molecule has 0 aliphatic heterocycles. The molecule has 1 aliphatic carbocycles. The van der Waals surface area contributed by atoms with Crippen molar-refractivity contribution in [2.75, 3.05) is 27.7 Å². The molecule has 0 heterocycles. The van der Waals surface area contributed by atoms with Crippen molar-refractivity contribution < 1.29 is 9.90 Å². The van der Waals surface area contributed by atoms with Crippen LogP contribution in [-0.4, -0.2) is 54.6 Å². The highest BCUT2D eigenvalue weighted by Crippen LogP contribution is 2.27. The van der Waals surface area contributed by atoms with Crippen molar-refractivity contribution in [3.8, 4) is 0 Å². The number of amides is 1. The van der Waals surface area contributed by atoms with E-state index in [0.29, 0.717) is 5.92 Å². The van der Waals surface area contributed by atoms with E-state index in [1.807, 2.05) is 45.4 Å². The number of carbonyl (C=O) groups excluding carboxylic acids is 1. The molecule has 4 nitrogen and oxygen atoms in total. The van der Waals surface area contributed by atoms with Gasteiger partial charge in [-0.05, 0) is 50.6 Å². The zero-order chi connectivity index (χ0) is 14.7. The molecule has 2 rings (SSSR count). The minimum Gasteiger partial charge on any atom is -0.393 e. The van der Waals surface area contributed by atoms with Gasteiger partial charge in [0.05, 0.1) is 6.10 Å². The van der Waals surface area contributed by atoms with Gasteiger partial charge in [-0.15, -0.1) is 0 Å². The Hall–Kier alpha value is -1.39. The summed E-state index contributed by atoms with van der Waals surface area (Å²) in [6.45, 7) is 1.61. The second-order valence-electron chi connectivity index (χ2n) is 6.11. The average Bonchev–Trinajstić information content (AvgIpc) is 2.36. The number of carbonyl (C=O) groups is 1. The van der Waals surface area contributed by atoms with Crippen molar-refractivity contribution in [2.24, 2.45) is 5.92 Å². The first-order valence-corrected chi connectivity index (χ1v) is 7.13. The van der Waals surface area contributed by atoms with Crippen molar-refractivity contribution >= 4 is 5.91 Å². The first-order valence-electron chi connectivity index (χ1n) is 7.13. The molecule has 1 aromatic carbocycles. The SMILES string of the molecule is CN(C)Cc1ccc(C(=O)N(C)CC2CC(O)C2)cc1. The van der Waals surface area contributed by atoms with Crippen molar-refractivity contribution in [1.82, 2.24) is 9.80 Å². The van der Waals surface area contributed by atoms with E-state index in [9.17, 15) is 9.90 Å². The number of hydrogen-bond acceptors (Lipinski definition) is 3. The lowest BCUT2D eigenvalue weighted by molar-refractivity contribution is 0.0265. The average molecular weight is 276 g/mol. The van der Waals surface area contributed by atoms with E-state index in [2.05, 4.69) is 4.90 Å². The first kappa shape index (κ1) is 15.0. The summed E-state index contributed by atoms with van der Waals surface area (Å²) in [6, 6.07) is 7.81. The third-order valence-electron chi connectivity index (χ3n) is 3.79. The highest BCUT2D eigenvalue weighted by atomic mass is 16.3. The summed E-state index contributed by atoms with van der Waals surface area (Å²) >= 11 is 0. The molecule has 0 spiro atoms. The van der Waals surface area contributed by atoms with Crippen molar-refractivity contribution in [3.05, 3.63) is 35.4 Å². The van der Waals surface area contributed by atoms with Gasteiger partial charge in [0.1, 0.15) is 0 Å². The highest BCUT2D eigenvalue weighted by Gasteiger charge is 2.29. The molecule has 0 unspecified atom stereocenters. The van der Waals surface area contributed by atoms with Crippen LogP contribution in [0.2, 0.25) is 0 Å². The van der Waals surface area contributed by atoms with Gasteiger partial charge in [0.25, 0.3) is 5.91 Å². The lowest BCUT2D eigenvalue weighted by Gasteiger charge is -2.34. The standard InChI is InChI=1S/C16H24N2O2/c1-17(2)10-12-4-6-14(7-5-12)16(20)18(3)11-13-8-15(19)9-13/h4-7,13,15,19H,8-11H2,1-3H3. The van der Waals surface area contributed by atoms with E-state index < -0.39 is 0 Å². The van der Waals surface area contributed by atoms with Gasteiger partial charge in [-0.25, -0.2) is 0 Å². The van der Waals surface area contributed by atoms with Crippen LogP contribution >= 0.6 is 0 Å². The van der Waals surface area contributed by atoms with Gasteiger partial charge in [0.2, 0.25) is 0 Å². The number of rotatable bonds is 5. The van der Waals surface area contributed by atoms with Gasteiger partial charge >= 0.3 is 0 Å². The quantitative estimate of drug-likeness (QED) is 0.888. The van der Waals surface area contributed by atoms with Gasteiger partial charge in [-0.2, -0.15) is 0 Å². The monoisotopic (exact) mass is 276 g/mol. The van der Waals surface area contributed by atoms with Crippen LogP contribution in [0.15, 0.2) is 24.3 Å². The van der Waals surface area contributed by atoms with Gasteiger partial charge in [0, 0.05) is 25.7 Å². The molecule has 1 N–H and O–H groups in total. The number of nitrogens with zero attached hydrogens (tertiary/aromatic N) is 2. The van der Waals surface area contributed by atoms with Crippen molar-refractivity contribution in [1.29, 1.82) is 0 Å². The third kappa shape index (κ3) is 3.81. The zero-order valence-corrected chi connectivity index (χ0v) is 12.5. The largest absolute Gasteiger partial charge is 0.393 e.